The van der Waals surface area contributed by atoms with Crippen molar-refractivity contribution in [3.63, 3.8) is 0 Å². The highest BCUT2D eigenvalue weighted by Gasteiger charge is 2.22. The molecule has 0 aromatic heterocycles. The number of hydrogen-bond donors (Lipinski definition) is 2. The standard InChI is InChI=1S/C18H32N4O3S.HI/c1-6-19-18(20-12-7-13-25-5)21-14-16-8-10-17(11-9-16)26(23,24)22(4)15(2)3;/h8-11,15H,6-7,12-14H2,1-5H3,(H2,19,20,21);1H. The maximum Gasteiger partial charge on any atom is 0.243 e. The lowest BCUT2D eigenvalue weighted by molar-refractivity contribution is 0.195. The number of halogens is 1. The van der Waals surface area contributed by atoms with Gasteiger partial charge in [-0.05, 0) is 44.9 Å². The summed E-state index contributed by atoms with van der Waals surface area (Å²) in [5, 5.41) is 6.43. The van der Waals surface area contributed by atoms with E-state index < -0.39 is 10.0 Å². The molecule has 0 aliphatic heterocycles. The Kier molecular flexibility index (Phi) is 12.8. The summed E-state index contributed by atoms with van der Waals surface area (Å²) in [4.78, 5) is 4.83. The summed E-state index contributed by atoms with van der Waals surface area (Å²) in [5.41, 5.74) is 0.949. The molecule has 0 aliphatic carbocycles. The lowest BCUT2D eigenvalue weighted by Crippen LogP contribution is -2.38. The number of nitrogens with one attached hydrogen (secondary N) is 2. The van der Waals surface area contributed by atoms with E-state index in [1.54, 1.807) is 38.4 Å². The fourth-order valence-corrected chi connectivity index (χ4v) is 3.51. The average Bonchev–Trinajstić information content (AvgIpc) is 2.62. The molecule has 0 unspecified atom stereocenters. The molecule has 0 heterocycles. The lowest BCUT2D eigenvalue weighted by Gasteiger charge is -2.21. The number of rotatable bonds is 10. The molecule has 7 nitrogen and oxygen atoms in total. The lowest BCUT2D eigenvalue weighted by atomic mass is 10.2. The fraction of sp³-hybridized carbons (Fsp3) is 0.611. The van der Waals surface area contributed by atoms with Crippen LogP contribution < -0.4 is 10.6 Å². The van der Waals surface area contributed by atoms with Crippen LogP contribution >= 0.6 is 24.0 Å². The Morgan fingerprint density at radius 1 is 1.22 bits per heavy atom. The number of aliphatic imine (C=N–C) groups is 1. The van der Waals surface area contributed by atoms with E-state index in [0.717, 1.165) is 31.0 Å². The minimum atomic E-state index is -3.45. The summed E-state index contributed by atoms with van der Waals surface area (Å²) >= 11 is 0. The topological polar surface area (TPSA) is 83.0 Å². The van der Waals surface area contributed by atoms with Crippen molar-refractivity contribution in [2.45, 2.75) is 44.7 Å². The van der Waals surface area contributed by atoms with Gasteiger partial charge in [0.25, 0.3) is 0 Å². The monoisotopic (exact) mass is 512 g/mol. The Bertz CT molecular complexity index is 664. The van der Waals surface area contributed by atoms with Gasteiger partial charge >= 0.3 is 0 Å². The van der Waals surface area contributed by atoms with Gasteiger partial charge in [0, 0.05) is 39.9 Å². The number of methoxy groups -OCH3 is 1. The van der Waals surface area contributed by atoms with Gasteiger partial charge in [0.05, 0.1) is 11.4 Å². The van der Waals surface area contributed by atoms with E-state index >= 15 is 0 Å². The molecule has 2 N–H and O–H groups in total. The van der Waals surface area contributed by atoms with Crippen molar-refractivity contribution < 1.29 is 13.2 Å². The molecular weight excluding hydrogens is 479 g/mol. The third kappa shape index (κ3) is 8.75. The van der Waals surface area contributed by atoms with Crippen LogP contribution in [-0.4, -0.2) is 58.6 Å². The number of nitrogens with zero attached hydrogens (tertiary/aromatic N) is 2. The van der Waals surface area contributed by atoms with Gasteiger partial charge in [0.15, 0.2) is 5.96 Å². The summed E-state index contributed by atoms with van der Waals surface area (Å²) in [6, 6.07) is 6.80. The van der Waals surface area contributed by atoms with E-state index in [-0.39, 0.29) is 30.0 Å². The molecule has 1 rings (SSSR count). The molecule has 0 bridgehead atoms. The minimum Gasteiger partial charge on any atom is -0.385 e. The van der Waals surface area contributed by atoms with E-state index in [9.17, 15) is 8.42 Å². The van der Waals surface area contributed by atoms with Gasteiger partial charge in [0.1, 0.15) is 0 Å². The van der Waals surface area contributed by atoms with Crippen molar-refractivity contribution in [1.82, 2.24) is 14.9 Å². The molecule has 0 fully saturated rings. The van der Waals surface area contributed by atoms with Crippen molar-refractivity contribution in [2.24, 2.45) is 4.99 Å². The summed E-state index contributed by atoms with van der Waals surface area (Å²) in [6.45, 7) is 8.43. The van der Waals surface area contributed by atoms with Crippen molar-refractivity contribution in [1.29, 1.82) is 0 Å². The quantitative estimate of drug-likeness (QED) is 0.218. The Balaban J connectivity index is 0.00000676. The molecule has 1 aromatic rings. The first-order valence-corrected chi connectivity index (χ1v) is 10.3. The second-order valence-corrected chi connectivity index (χ2v) is 8.22. The normalized spacial score (nSPS) is 12.2. The first kappa shape index (κ1) is 26.1. The van der Waals surface area contributed by atoms with Crippen molar-refractivity contribution in [2.75, 3.05) is 33.9 Å². The zero-order valence-electron chi connectivity index (χ0n) is 16.9. The number of guanidine groups is 1. The predicted octanol–water partition coefficient (Wildman–Crippen LogP) is 2.43. The van der Waals surface area contributed by atoms with Gasteiger partial charge in [0.2, 0.25) is 10.0 Å². The van der Waals surface area contributed by atoms with E-state index in [2.05, 4.69) is 15.6 Å². The maximum absolute atomic E-state index is 12.5. The first-order chi connectivity index (χ1) is 12.3. The molecule has 0 saturated heterocycles. The van der Waals surface area contributed by atoms with Crippen LogP contribution in [0.4, 0.5) is 0 Å². The Morgan fingerprint density at radius 2 is 1.85 bits per heavy atom. The van der Waals surface area contributed by atoms with Gasteiger partial charge in [-0.1, -0.05) is 12.1 Å². The van der Waals surface area contributed by atoms with Crippen molar-refractivity contribution in [3.8, 4) is 0 Å². The van der Waals surface area contributed by atoms with Crippen molar-refractivity contribution in [3.05, 3.63) is 29.8 Å². The first-order valence-electron chi connectivity index (χ1n) is 8.91. The highest BCUT2D eigenvalue weighted by atomic mass is 127. The number of sulfonamides is 1. The second kappa shape index (κ2) is 13.3. The van der Waals surface area contributed by atoms with Crippen LogP contribution in [0, 0.1) is 0 Å². The van der Waals surface area contributed by atoms with Crippen LogP contribution in [0.25, 0.3) is 0 Å². The van der Waals surface area contributed by atoms with Crippen LogP contribution in [0.3, 0.4) is 0 Å². The summed E-state index contributed by atoms with van der Waals surface area (Å²) in [6.07, 6.45) is 0.900. The third-order valence-corrected chi connectivity index (χ3v) is 5.96. The van der Waals surface area contributed by atoms with Crippen LogP contribution in [0.2, 0.25) is 0 Å². The summed E-state index contributed by atoms with van der Waals surface area (Å²) in [7, 11) is -0.175. The highest BCUT2D eigenvalue weighted by Crippen LogP contribution is 2.17. The van der Waals surface area contributed by atoms with Gasteiger partial charge in [-0.3, -0.25) is 0 Å². The molecule has 0 amide bonds. The average molecular weight is 512 g/mol. The summed E-state index contributed by atoms with van der Waals surface area (Å²) < 4.78 is 31.4. The molecule has 27 heavy (non-hydrogen) atoms. The number of ether oxygens (including phenoxy) is 1. The van der Waals surface area contributed by atoms with E-state index in [1.165, 1.54) is 4.31 Å². The number of benzene rings is 1. The minimum absolute atomic E-state index is 0. The fourth-order valence-electron chi connectivity index (χ4n) is 2.15. The van der Waals surface area contributed by atoms with Crippen LogP contribution in [0.15, 0.2) is 34.2 Å². The molecule has 156 valence electrons. The maximum atomic E-state index is 12.5. The Labute approximate surface area is 181 Å². The second-order valence-electron chi connectivity index (χ2n) is 6.23. The molecule has 0 aliphatic rings. The molecule has 0 saturated carbocycles. The summed E-state index contributed by atoms with van der Waals surface area (Å²) in [5.74, 6) is 0.736. The molecule has 9 heteroatoms. The zero-order chi connectivity index (χ0) is 19.6. The van der Waals surface area contributed by atoms with E-state index in [0.29, 0.717) is 18.0 Å². The van der Waals surface area contributed by atoms with Gasteiger partial charge in [-0.2, -0.15) is 4.31 Å². The van der Waals surface area contributed by atoms with Gasteiger partial charge < -0.3 is 15.4 Å². The smallest absolute Gasteiger partial charge is 0.243 e. The Hall–Kier alpha value is -0.910. The van der Waals surface area contributed by atoms with Crippen molar-refractivity contribution >= 4 is 40.0 Å². The third-order valence-electron chi connectivity index (χ3n) is 3.91. The van der Waals surface area contributed by atoms with E-state index in [4.69, 9.17) is 4.74 Å². The molecule has 0 spiro atoms. The van der Waals surface area contributed by atoms with Crippen LogP contribution in [-0.2, 0) is 21.3 Å². The molecule has 0 radical (unpaired) electrons. The SMILES string of the molecule is CCNC(=NCc1ccc(S(=O)(=O)N(C)C(C)C)cc1)NCCCOC.I. The Morgan fingerprint density at radius 3 is 2.37 bits per heavy atom. The molecular formula is C18H33IN4O3S. The zero-order valence-corrected chi connectivity index (χ0v) is 20.0. The number of hydrogen-bond acceptors (Lipinski definition) is 4. The highest BCUT2D eigenvalue weighted by molar-refractivity contribution is 14.0. The molecule has 0 atom stereocenters. The van der Waals surface area contributed by atoms with Crippen LogP contribution in [0.1, 0.15) is 32.8 Å². The predicted molar refractivity (Wildman–Crippen MR) is 121 cm³/mol. The van der Waals surface area contributed by atoms with Gasteiger partial charge in [-0.25, -0.2) is 13.4 Å². The molecule has 1 aromatic carbocycles. The van der Waals surface area contributed by atoms with Gasteiger partial charge in [-0.15, -0.1) is 24.0 Å². The van der Waals surface area contributed by atoms with Crippen LogP contribution in [0.5, 0.6) is 0 Å². The van der Waals surface area contributed by atoms with E-state index in [1.807, 2.05) is 20.8 Å². The largest absolute Gasteiger partial charge is 0.385 e.